The number of fused-ring (bicyclic) bond motifs is 1. The first-order chi connectivity index (χ1) is 12.3. The van der Waals surface area contributed by atoms with E-state index in [1.54, 1.807) is 6.07 Å². The van der Waals surface area contributed by atoms with Crippen LogP contribution in [0.4, 0.5) is 0 Å². The molecular formula is C22H17NO2. The lowest BCUT2D eigenvalue weighted by Crippen LogP contribution is -2.00. The molecule has 0 radical (unpaired) electrons. The zero-order valence-electron chi connectivity index (χ0n) is 13.8. The third-order valence-corrected chi connectivity index (χ3v) is 4.37. The van der Waals surface area contributed by atoms with Crippen LogP contribution >= 0.6 is 0 Å². The van der Waals surface area contributed by atoms with E-state index in [2.05, 4.69) is 41.4 Å². The van der Waals surface area contributed by atoms with Gasteiger partial charge in [0.15, 0.2) is 0 Å². The summed E-state index contributed by atoms with van der Waals surface area (Å²) in [6, 6.07) is 26.3. The summed E-state index contributed by atoms with van der Waals surface area (Å²) in [5.74, 6) is -0.324. The maximum atomic E-state index is 11.9. The fourth-order valence-electron chi connectivity index (χ4n) is 3.07. The van der Waals surface area contributed by atoms with E-state index >= 15 is 0 Å². The van der Waals surface area contributed by atoms with Gasteiger partial charge in [-0.1, -0.05) is 60.7 Å². The molecule has 0 amide bonds. The van der Waals surface area contributed by atoms with Crippen LogP contribution in [0.15, 0.2) is 78.9 Å². The summed E-state index contributed by atoms with van der Waals surface area (Å²) in [5.41, 5.74) is 5.92. The van der Waals surface area contributed by atoms with Crippen LogP contribution in [-0.4, -0.2) is 18.1 Å². The maximum Gasteiger partial charge on any atom is 0.338 e. The van der Waals surface area contributed by atoms with Crippen molar-refractivity contribution in [2.75, 3.05) is 7.11 Å². The molecule has 0 saturated carbocycles. The topological polar surface area (TPSA) is 42.1 Å². The van der Waals surface area contributed by atoms with Gasteiger partial charge in [0.25, 0.3) is 0 Å². The highest BCUT2D eigenvalue weighted by atomic mass is 16.5. The minimum Gasteiger partial charge on any atom is -0.465 e. The van der Waals surface area contributed by atoms with Gasteiger partial charge in [-0.3, -0.25) is 0 Å². The third-order valence-electron chi connectivity index (χ3n) is 4.37. The molecule has 3 nitrogen and oxygen atoms in total. The number of rotatable bonds is 3. The van der Waals surface area contributed by atoms with Crippen LogP contribution in [0.2, 0.25) is 0 Å². The van der Waals surface area contributed by atoms with Crippen molar-refractivity contribution in [3.8, 4) is 22.4 Å². The molecule has 1 aromatic heterocycles. The Morgan fingerprint density at radius 3 is 2.20 bits per heavy atom. The van der Waals surface area contributed by atoms with Gasteiger partial charge >= 0.3 is 5.97 Å². The first-order valence-electron chi connectivity index (χ1n) is 8.12. The second-order valence-corrected chi connectivity index (χ2v) is 5.88. The molecule has 0 saturated heterocycles. The number of carbonyl (C=O) groups is 1. The highest BCUT2D eigenvalue weighted by Gasteiger charge is 2.13. The van der Waals surface area contributed by atoms with Crippen molar-refractivity contribution in [3.63, 3.8) is 0 Å². The molecule has 3 aromatic carbocycles. The lowest BCUT2D eigenvalue weighted by molar-refractivity contribution is 0.0603. The number of methoxy groups -OCH3 is 1. The fraction of sp³-hybridized carbons (Fsp3) is 0.0455. The molecule has 1 heterocycles. The number of aromatic nitrogens is 1. The number of hydrogen-bond acceptors (Lipinski definition) is 2. The molecule has 0 atom stereocenters. The van der Waals surface area contributed by atoms with Crippen molar-refractivity contribution in [2.24, 2.45) is 0 Å². The largest absolute Gasteiger partial charge is 0.465 e. The van der Waals surface area contributed by atoms with Gasteiger partial charge in [-0.15, -0.1) is 0 Å². The summed E-state index contributed by atoms with van der Waals surface area (Å²) < 4.78 is 4.87. The summed E-state index contributed by atoms with van der Waals surface area (Å²) in [5, 5.41) is 0.872. The first kappa shape index (κ1) is 15.2. The van der Waals surface area contributed by atoms with E-state index in [1.165, 1.54) is 18.2 Å². The number of H-pyrrole nitrogens is 1. The predicted octanol–water partition coefficient (Wildman–Crippen LogP) is 5.29. The Labute approximate surface area is 145 Å². The number of esters is 1. The fourth-order valence-corrected chi connectivity index (χ4v) is 3.07. The molecule has 0 aliphatic carbocycles. The molecule has 122 valence electrons. The summed E-state index contributed by atoms with van der Waals surface area (Å²) in [7, 11) is 1.40. The van der Waals surface area contributed by atoms with E-state index in [-0.39, 0.29) is 5.97 Å². The van der Waals surface area contributed by atoms with Gasteiger partial charge in [0.05, 0.1) is 12.7 Å². The smallest absolute Gasteiger partial charge is 0.338 e. The van der Waals surface area contributed by atoms with Crippen LogP contribution in [-0.2, 0) is 4.74 Å². The molecule has 0 aliphatic rings. The SMILES string of the molecule is COC(=O)c1cccc2[nH]c(-c3ccc(-c4ccccc4)cc3)cc12. The van der Waals surface area contributed by atoms with Crippen LogP contribution in [0, 0.1) is 0 Å². The Morgan fingerprint density at radius 1 is 0.800 bits per heavy atom. The molecule has 0 aliphatic heterocycles. The average molecular weight is 327 g/mol. The number of nitrogens with one attached hydrogen (secondary N) is 1. The molecule has 25 heavy (non-hydrogen) atoms. The Bertz CT molecular complexity index is 1030. The minimum absolute atomic E-state index is 0.324. The van der Waals surface area contributed by atoms with Crippen LogP contribution in [0.25, 0.3) is 33.3 Å². The standard InChI is InChI=1S/C22H17NO2/c1-25-22(24)18-8-5-9-20-19(18)14-21(23-20)17-12-10-16(11-13-17)15-6-3-2-4-7-15/h2-14,23H,1H3. The van der Waals surface area contributed by atoms with Gasteiger partial charge in [0.1, 0.15) is 0 Å². The lowest BCUT2D eigenvalue weighted by Gasteiger charge is -2.03. The van der Waals surface area contributed by atoms with Gasteiger partial charge in [0.2, 0.25) is 0 Å². The van der Waals surface area contributed by atoms with E-state index in [0.717, 1.165) is 22.2 Å². The monoisotopic (exact) mass is 327 g/mol. The van der Waals surface area contributed by atoms with Crippen molar-refractivity contribution < 1.29 is 9.53 Å². The van der Waals surface area contributed by atoms with Crippen molar-refractivity contribution in [1.82, 2.24) is 4.98 Å². The zero-order chi connectivity index (χ0) is 17.2. The van der Waals surface area contributed by atoms with Crippen molar-refractivity contribution >= 4 is 16.9 Å². The van der Waals surface area contributed by atoms with E-state index in [4.69, 9.17) is 4.74 Å². The normalized spacial score (nSPS) is 10.8. The van der Waals surface area contributed by atoms with Crippen LogP contribution < -0.4 is 0 Å². The lowest BCUT2D eigenvalue weighted by atomic mass is 10.0. The van der Waals surface area contributed by atoms with E-state index < -0.39 is 0 Å². The Balaban J connectivity index is 1.74. The Morgan fingerprint density at radius 2 is 1.48 bits per heavy atom. The zero-order valence-corrected chi connectivity index (χ0v) is 13.8. The number of hydrogen-bond donors (Lipinski definition) is 1. The molecule has 4 aromatic rings. The second kappa shape index (κ2) is 6.29. The van der Waals surface area contributed by atoms with Gasteiger partial charge in [-0.2, -0.15) is 0 Å². The van der Waals surface area contributed by atoms with Crippen molar-refractivity contribution in [1.29, 1.82) is 0 Å². The second-order valence-electron chi connectivity index (χ2n) is 5.88. The van der Waals surface area contributed by atoms with Crippen LogP contribution in [0.5, 0.6) is 0 Å². The predicted molar refractivity (Wildman–Crippen MR) is 101 cm³/mol. The summed E-state index contributed by atoms with van der Waals surface area (Å²) >= 11 is 0. The molecule has 0 fully saturated rings. The number of benzene rings is 3. The minimum atomic E-state index is -0.324. The highest BCUT2D eigenvalue weighted by molar-refractivity contribution is 6.05. The third kappa shape index (κ3) is 2.81. The average Bonchev–Trinajstić information content (AvgIpc) is 3.12. The van der Waals surface area contributed by atoms with Crippen molar-refractivity contribution in [3.05, 3.63) is 84.4 Å². The Kier molecular flexibility index (Phi) is 3.82. The molecular weight excluding hydrogens is 310 g/mol. The molecule has 4 rings (SSSR count). The molecule has 1 N–H and O–H groups in total. The van der Waals surface area contributed by atoms with Crippen LogP contribution in [0.1, 0.15) is 10.4 Å². The maximum absolute atomic E-state index is 11.9. The highest BCUT2D eigenvalue weighted by Crippen LogP contribution is 2.28. The van der Waals surface area contributed by atoms with Gasteiger partial charge in [0, 0.05) is 16.6 Å². The van der Waals surface area contributed by atoms with Gasteiger partial charge in [-0.25, -0.2) is 4.79 Å². The van der Waals surface area contributed by atoms with Gasteiger partial charge in [-0.05, 0) is 34.9 Å². The quantitative estimate of drug-likeness (QED) is 0.520. The van der Waals surface area contributed by atoms with Crippen molar-refractivity contribution in [2.45, 2.75) is 0 Å². The number of ether oxygens (including phenoxy) is 1. The molecule has 0 bridgehead atoms. The Hall–Kier alpha value is -3.33. The summed E-state index contributed by atoms with van der Waals surface area (Å²) in [4.78, 5) is 15.3. The van der Waals surface area contributed by atoms with E-state index in [1.807, 2.05) is 36.4 Å². The van der Waals surface area contributed by atoms with E-state index in [9.17, 15) is 4.79 Å². The van der Waals surface area contributed by atoms with Crippen LogP contribution in [0.3, 0.4) is 0 Å². The number of carbonyl (C=O) groups excluding carboxylic acids is 1. The summed E-state index contributed by atoms with van der Waals surface area (Å²) in [6.45, 7) is 0. The van der Waals surface area contributed by atoms with Gasteiger partial charge < -0.3 is 9.72 Å². The van der Waals surface area contributed by atoms with E-state index in [0.29, 0.717) is 5.56 Å². The molecule has 0 spiro atoms. The molecule has 3 heteroatoms. The number of aromatic amines is 1. The first-order valence-corrected chi connectivity index (χ1v) is 8.12. The summed E-state index contributed by atoms with van der Waals surface area (Å²) in [6.07, 6.45) is 0. The molecule has 0 unspecified atom stereocenters.